The Morgan fingerprint density at radius 2 is 2.18 bits per heavy atom. The van der Waals surface area contributed by atoms with E-state index < -0.39 is 5.97 Å². The lowest BCUT2D eigenvalue weighted by Crippen LogP contribution is -2.00. The van der Waals surface area contributed by atoms with Crippen LogP contribution < -0.4 is 0 Å². The van der Waals surface area contributed by atoms with Crippen LogP contribution in [0.15, 0.2) is 41.6 Å². The van der Waals surface area contributed by atoms with Gasteiger partial charge in [0.1, 0.15) is 0 Å². The molecule has 0 saturated carbocycles. The van der Waals surface area contributed by atoms with Crippen LogP contribution in [0.3, 0.4) is 0 Å². The van der Waals surface area contributed by atoms with Gasteiger partial charge in [0.05, 0.1) is 11.4 Å². The number of aromatic carboxylic acids is 1. The van der Waals surface area contributed by atoms with Gasteiger partial charge < -0.3 is 5.11 Å². The summed E-state index contributed by atoms with van der Waals surface area (Å²) in [5.74, 6) is -1.11. The average Bonchev–Trinajstić information content (AvgIpc) is 2.79. The summed E-state index contributed by atoms with van der Waals surface area (Å²) in [5, 5.41) is 16.1. The maximum Gasteiger partial charge on any atom is 0.356 e. The number of hydrogen-bond acceptors (Lipinski definition) is 3. The van der Waals surface area contributed by atoms with Crippen LogP contribution in [0.2, 0.25) is 0 Å². The first kappa shape index (κ1) is 10.7. The number of carbonyl (C=O) groups is 1. The minimum atomic E-state index is -1.11. The van der Waals surface area contributed by atoms with Gasteiger partial charge in [-0.25, -0.2) is 9.48 Å². The molecular formula is C10H7N5O2. The molecule has 2 rings (SSSR count). The van der Waals surface area contributed by atoms with E-state index in [-0.39, 0.29) is 5.69 Å². The van der Waals surface area contributed by atoms with Crippen LogP contribution in [-0.2, 0) is 0 Å². The SMILES string of the molecule is [N-]=[N+]=Nc1ccccc1-n1ccc(C(=O)O)n1. The molecule has 1 N–H and O–H groups in total. The Bertz CT molecular complexity index is 613. The molecule has 1 heterocycles. The fraction of sp³-hybridized carbons (Fsp3) is 0. The second-order valence-electron chi connectivity index (χ2n) is 3.13. The third kappa shape index (κ3) is 2.09. The van der Waals surface area contributed by atoms with Crippen molar-refractivity contribution in [3.8, 4) is 5.69 Å². The molecule has 0 unspecified atom stereocenters. The summed E-state index contributed by atoms with van der Waals surface area (Å²) in [4.78, 5) is 13.4. The molecule has 2 aromatic rings. The number of carboxylic acid groups (broad SMARTS) is 1. The summed E-state index contributed by atoms with van der Waals surface area (Å²) < 4.78 is 1.35. The Morgan fingerprint density at radius 1 is 1.41 bits per heavy atom. The molecule has 1 aromatic carbocycles. The van der Waals surface area contributed by atoms with E-state index in [1.54, 1.807) is 24.3 Å². The Labute approximate surface area is 95.6 Å². The summed E-state index contributed by atoms with van der Waals surface area (Å²) >= 11 is 0. The molecule has 0 atom stereocenters. The minimum absolute atomic E-state index is 0.0688. The first-order chi connectivity index (χ1) is 8.22. The highest BCUT2D eigenvalue weighted by Crippen LogP contribution is 2.22. The zero-order valence-electron chi connectivity index (χ0n) is 8.56. The minimum Gasteiger partial charge on any atom is -0.476 e. The molecule has 17 heavy (non-hydrogen) atoms. The highest BCUT2D eigenvalue weighted by atomic mass is 16.4. The normalized spacial score (nSPS) is 9.65. The van der Waals surface area contributed by atoms with Gasteiger partial charge >= 0.3 is 5.97 Å². The van der Waals surface area contributed by atoms with Crippen molar-refractivity contribution >= 4 is 11.7 Å². The molecule has 0 saturated heterocycles. The predicted octanol–water partition coefficient (Wildman–Crippen LogP) is 2.51. The Hall–Kier alpha value is -2.79. The number of carboxylic acids is 1. The van der Waals surface area contributed by atoms with Crippen molar-refractivity contribution in [1.29, 1.82) is 0 Å². The molecule has 0 bridgehead atoms. The van der Waals surface area contributed by atoms with Gasteiger partial charge in [0.2, 0.25) is 0 Å². The number of azide groups is 1. The van der Waals surface area contributed by atoms with E-state index in [0.717, 1.165) is 0 Å². The predicted molar refractivity (Wildman–Crippen MR) is 59.3 cm³/mol. The molecule has 0 aliphatic carbocycles. The van der Waals surface area contributed by atoms with Crippen molar-refractivity contribution in [1.82, 2.24) is 9.78 Å². The fourth-order valence-electron chi connectivity index (χ4n) is 1.36. The van der Waals surface area contributed by atoms with Gasteiger partial charge in [-0.2, -0.15) is 5.10 Å². The number of hydrogen-bond donors (Lipinski definition) is 1. The first-order valence-electron chi connectivity index (χ1n) is 4.66. The van der Waals surface area contributed by atoms with E-state index in [4.69, 9.17) is 10.6 Å². The standard InChI is InChI=1S/C10H7N5O2/c11-14-12-7-3-1-2-4-9(7)15-6-5-8(13-15)10(16)17/h1-6H,(H,16,17). The fourth-order valence-corrected chi connectivity index (χ4v) is 1.36. The summed E-state index contributed by atoms with van der Waals surface area (Å²) in [6.45, 7) is 0. The van der Waals surface area contributed by atoms with Crippen LogP contribution in [0, 0.1) is 0 Å². The van der Waals surface area contributed by atoms with Crippen molar-refractivity contribution in [3.63, 3.8) is 0 Å². The smallest absolute Gasteiger partial charge is 0.356 e. The van der Waals surface area contributed by atoms with Crippen LogP contribution in [-0.4, -0.2) is 20.9 Å². The van der Waals surface area contributed by atoms with Crippen LogP contribution in [0.4, 0.5) is 5.69 Å². The summed E-state index contributed by atoms with van der Waals surface area (Å²) in [6.07, 6.45) is 1.50. The van der Waals surface area contributed by atoms with Gasteiger partial charge in [-0.05, 0) is 17.7 Å². The number of aromatic nitrogens is 2. The lowest BCUT2D eigenvalue weighted by molar-refractivity contribution is 0.0690. The van der Waals surface area contributed by atoms with Crippen molar-refractivity contribution < 1.29 is 9.90 Å². The molecule has 0 radical (unpaired) electrons. The summed E-state index contributed by atoms with van der Waals surface area (Å²) in [6, 6.07) is 8.14. The molecule has 0 fully saturated rings. The number of benzene rings is 1. The molecule has 84 valence electrons. The van der Waals surface area contributed by atoms with Crippen LogP contribution in [0.25, 0.3) is 16.1 Å². The maximum absolute atomic E-state index is 10.7. The van der Waals surface area contributed by atoms with E-state index >= 15 is 0 Å². The van der Waals surface area contributed by atoms with Gasteiger partial charge in [-0.3, -0.25) is 0 Å². The van der Waals surface area contributed by atoms with Crippen molar-refractivity contribution in [2.24, 2.45) is 5.11 Å². The second kappa shape index (κ2) is 4.38. The largest absolute Gasteiger partial charge is 0.476 e. The Balaban J connectivity index is 2.52. The molecule has 7 heteroatoms. The van der Waals surface area contributed by atoms with Crippen molar-refractivity contribution in [3.05, 3.63) is 52.7 Å². The van der Waals surface area contributed by atoms with Crippen LogP contribution >= 0.6 is 0 Å². The molecule has 0 amide bonds. The highest BCUT2D eigenvalue weighted by Gasteiger charge is 2.09. The van der Waals surface area contributed by atoms with E-state index in [1.165, 1.54) is 16.9 Å². The van der Waals surface area contributed by atoms with Crippen molar-refractivity contribution in [2.45, 2.75) is 0 Å². The third-order valence-electron chi connectivity index (χ3n) is 2.09. The van der Waals surface area contributed by atoms with Gasteiger partial charge in [0, 0.05) is 11.1 Å². The molecule has 7 nitrogen and oxygen atoms in total. The highest BCUT2D eigenvalue weighted by molar-refractivity contribution is 5.85. The van der Waals surface area contributed by atoms with E-state index in [0.29, 0.717) is 11.4 Å². The molecule has 0 aliphatic rings. The summed E-state index contributed by atoms with van der Waals surface area (Å²) in [7, 11) is 0. The summed E-state index contributed by atoms with van der Waals surface area (Å²) in [5.41, 5.74) is 9.26. The zero-order valence-corrected chi connectivity index (χ0v) is 8.56. The van der Waals surface area contributed by atoms with Crippen molar-refractivity contribution in [2.75, 3.05) is 0 Å². The van der Waals surface area contributed by atoms with Gasteiger partial charge in [0.15, 0.2) is 5.69 Å². The zero-order chi connectivity index (χ0) is 12.3. The van der Waals surface area contributed by atoms with Gasteiger partial charge in [-0.15, -0.1) is 0 Å². The number of nitrogens with zero attached hydrogens (tertiary/aromatic N) is 5. The molecule has 0 spiro atoms. The van der Waals surface area contributed by atoms with Crippen LogP contribution in [0.5, 0.6) is 0 Å². The average molecular weight is 229 g/mol. The number of rotatable bonds is 3. The van der Waals surface area contributed by atoms with E-state index in [2.05, 4.69) is 15.1 Å². The monoisotopic (exact) mass is 229 g/mol. The third-order valence-corrected chi connectivity index (χ3v) is 2.09. The van der Waals surface area contributed by atoms with E-state index in [9.17, 15) is 4.79 Å². The lowest BCUT2D eigenvalue weighted by Gasteiger charge is -2.03. The van der Waals surface area contributed by atoms with Gasteiger partial charge in [-0.1, -0.05) is 23.3 Å². The molecular weight excluding hydrogens is 222 g/mol. The Kier molecular flexibility index (Phi) is 2.76. The molecule has 0 aliphatic heterocycles. The second-order valence-corrected chi connectivity index (χ2v) is 3.13. The lowest BCUT2D eigenvalue weighted by atomic mass is 10.3. The number of para-hydroxylation sites is 1. The van der Waals surface area contributed by atoms with E-state index in [1.807, 2.05) is 0 Å². The molecule has 1 aromatic heterocycles. The van der Waals surface area contributed by atoms with Gasteiger partial charge in [0.25, 0.3) is 0 Å². The first-order valence-corrected chi connectivity index (χ1v) is 4.66. The quantitative estimate of drug-likeness (QED) is 0.496. The Morgan fingerprint density at radius 3 is 2.82 bits per heavy atom. The van der Waals surface area contributed by atoms with Crippen LogP contribution in [0.1, 0.15) is 10.5 Å². The maximum atomic E-state index is 10.7. The topological polar surface area (TPSA) is 104 Å².